The lowest BCUT2D eigenvalue weighted by Gasteiger charge is -2.12. The van der Waals surface area contributed by atoms with E-state index in [0.29, 0.717) is 11.7 Å². The predicted octanol–water partition coefficient (Wildman–Crippen LogP) is 1.49. The summed E-state index contributed by atoms with van der Waals surface area (Å²) >= 11 is 5.81. The van der Waals surface area contributed by atoms with E-state index in [4.69, 9.17) is 17.3 Å². The predicted molar refractivity (Wildman–Crippen MR) is 51.4 cm³/mol. The van der Waals surface area contributed by atoms with Gasteiger partial charge in [-0.3, -0.25) is 0 Å². The van der Waals surface area contributed by atoms with Crippen molar-refractivity contribution in [1.29, 1.82) is 0 Å². The Morgan fingerprint density at radius 3 is 3.08 bits per heavy atom. The Morgan fingerprint density at radius 2 is 2.50 bits per heavy atom. The van der Waals surface area contributed by atoms with Crippen LogP contribution in [-0.4, -0.2) is 17.6 Å². The van der Waals surface area contributed by atoms with Crippen molar-refractivity contribution in [3.05, 3.63) is 23.5 Å². The van der Waals surface area contributed by atoms with Gasteiger partial charge in [0.2, 0.25) is 0 Å². The van der Waals surface area contributed by atoms with Gasteiger partial charge in [0, 0.05) is 18.8 Å². The summed E-state index contributed by atoms with van der Waals surface area (Å²) in [5.41, 5.74) is 6.27. The third kappa shape index (κ3) is 2.36. The fourth-order valence-corrected chi connectivity index (χ4v) is 0.992. The Bertz CT molecular complexity index is 252. The van der Waals surface area contributed by atoms with E-state index in [2.05, 4.69) is 10.3 Å². The van der Waals surface area contributed by atoms with E-state index in [1.165, 1.54) is 0 Å². The van der Waals surface area contributed by atoms with E-state index in [1.54, 1.807) is 6.20 Å². The third-order valence-electron chi connectivity index (χ3n) is 1.51. The van der Waals surface area contributed by atoms with Gasteiger partial charge >= 0.3 is 0 Å². The maximum absolute atomic E-state index is 5.81. The van der Waals surface area contributed by atoms with Gasteiger partial charge in [0.25, 0.3) is 0 Å². The molecule has 4 heteroatoms. The molecule has 1 rings (SSSR count). The Morgan fingerprint density at radius 1 is 1.75 bits per heavy atom. The van der Waals surface area contributed by atoms with Crippen LogP contribution in [0.1, 0.15) is 6.92 Å². The monoisotopic (exact) mass is 185 g/mol. The van der Waals surface area contributed by atoms with Crippen LogP contribution in [0.5, 0.6) is 0 Å². The normalized spacial score (nSPS) is 12.6. The molecule has 0 saturated heterocycles. The largest absolute Gasteiger partial charge is 0.379 e. The smallest absolute Gasteiger partial charge is 0.152 e. The molecule has 0 aliphatic carbocycles. The van der Waals surface area contributed by atoms with E-state index in [1.807, 2.05) is 19.1 Å². The van der Waals surface area contributed by atoms with Crippen molar-refractivity contribution in [3.8, 4) is 0 Å². The number of halogens is 1. The molecule has 1 aromatic rings. The first-order valence-corrected chi connectivity index (χ1v) is 4.19. The van der Waals surface area contributed by atoms with Crippen LogP contribution in [0.15, 0.2) is 18.3 Å². The van der Waals surface area contributed by atoms with E-state index in [0.717, 1.165) is 5.69 Å². The second-order valence-electron chi connectivity index (χ2n) is 2.62. The molecule has 3 nitrogen and oxygen atoms in total. The van der Waals surface area contributed by atoms with Gasteiger partial charge in [0.15, 0.2) is 5.15 Å². The second kappa shape index (κ2) is 4.28. The van der Waals surface area contributed by atoms with Crippen molar-refractivity contribution in [2.45, 2.75) is 13.0 Å². The molecule has 1 aromatic heterocycles. The number of hydrogen-bond donors (Lipinski definition) is 2. The summed E-state index contributed by atoms with van der Waals surface area (Å²) < 4.78 is 0. The van der Waals surface area contributed by atoms with Crippen LogP contribution < -0.4 is 11.1 Å². The molecule has 3 N–H and O–H groups in total. The highest BCUT2D eigenvalue weighted by Gasteiger charge is 2.02. The molecule has 0 aromatic carbocycles. The molecule has 0 spiro atoms. The summed E-state index contributed by atoms with van der Waals surface area (Å²) in [5, 5.41) is 3.62. The number of hydrogen-bond acceptors (Lipinski definition) is 3. The van der Waals surface area contributed by atoms with Crippen LogP contribution in [0.4, 0.5) is 5.69 Å². The van der Waals surface area contributed by atoms with Gasteiger partial charge in [-0.2, -0.15) is 0 Å². The minimum absolute atomic E-state index is 0.215. The summed E-state index contributed by atoms with van der Waals surface area (Å²) in [6, 6.07) is 3.92. The number of aromatic nitrogens is 1. The van der Waals surface area contributed by atoms with Gasteiger partial charge in [-0.15, -0.1) is 0 Å². The van der Waals surface area contributed by atoms with Crippen LogP contribution in [0.2, 0.25) is 5.15 Å². The first-order valence-electron chi connectivity index (χ1n) is 3.81. The first kappa shape index (κ1) is 9.29. The van der Waals surface area contributed by atoms with E-state index < -0.39 is 0 Å². The molecule has 0 amide bonds. The zero-order valence-corrected chi connectivity index (χ0v) is 7.67. The summed E-state index contributed by atoms with van der Waals surface area (Å²) in [6.45, 7) is 2.56. The maximum atomic E-state index is 5.81. The summed E-state index contributed by atoms with van der Waals surface area (Å²) in [4.78, 5) is 3.93. The van der Waals surface area contributed by atoms with Crippen molar-refractivity contribution in [3.63, 3.8) is 0 Å². The zero-order chi connectivity index (χ0) is 8.97. The van der Waals surface area contributed by atoms with E-state index in [-0.39, 0.29) is 6.04 Å². The Hall–Kier alpha value is -0.800. The lowest BCUT2D eigenvalue weighted by Crippen LogP contribution is -2.25. The van der Waals surface area contributed by atoms with Gasteiger partial charge in [-0.25, -0.2) is 4.98 Å². The molecule has 0 bridgehead atoms. The molecular weight excluding hydrogens is 174 g/mol. The van der Waals surface area contributed by atoms with Crippen molar-refractivity contribution >= 4 is 17.3 Å². The van der Waals surface area contributed by atoms with Gasteiger partial charge in [-0.05, 0) is 19.1 Å². The zero-order valence-electron chi connectivity index (χ0n) is 6.92. The van der Waals surface area contributed by atoms with E-state index in [9.17, 15) is 0 Å². The lowest BCUT2D eigenvalue weighted by atomic mass is 10.3. The highest BCUT2D eigenvalue weighted by atomic mass is 35.5. The lowest BCUT2D eigenvalue weighted by molar-refractivity contribution is 0.803. The van der Waals surface area contributed by atoms with E-state index >= 15 is 0 Å². The van der Waals surface area contributed by atoms with Crippen LogP contribution in [0.3, 0.4) is 0 Å². The topological polar surface area (TPSA) is 50.9 Å². The van der Waals surface area contributed by atoms with Crippen molar-refractivity contribution in [2.24, 2.45) is 5.73 Å². The average molecular weight is 186 g/mol. The molecule has 0 saturated carbocycles. The van der Waals surface area contributed by atoms with Crippen LogP contribution in [0.25, 0.3) is 0 Å². The van der Waals surface area contributed by atoms with Gasteiger partial charge in [-0.1, -0.05) is 11.6 Å². The van der Waals surface area contributed by atoms with Crippen molar-refractivity contribution in [2.75, 3.05) is 11.9 Å². The number of nitrogens with two attached hydrogens (primary N) is 1. The average Bonchev–Trinajstić information content (AvgIpc) is 2.09. The highest BCUT2D eigenvalue weighted by molar-refractivity contribution is 6.31. The molecule has 1 unspecified atom stereocenters. The molecule has 1 heterocycles. The number of nitrogens with one attached hydrogen (secondary N) is 1. The number of anilines is 1. The highest BCUT2D eigenvalue weighted by Crippen LogP contribution is 2.17. The van der Waals surface area contributed by atoms with Crippen LogP contribution in [0, 0.1) is 0 Å². The van der Waals surface area contributed by atoms with Crippen molar-refractivity contribution < 1.29 is 0 Å². The summed E-state index contributed by atoms with van der Waals surface area (Å²) in [5.74, 6) is 0. The molecule has 0 fully saturated rings. The number of nitrogens with zero attached hydrogens (tertiary/aromatic N) is 1. The van der Waals surface area contributed by atoms with Gasteiger partial charge in [0.1, 0.15) is 0 Å². The molecule has 1 atom stereocenters. The van der Waals surface area contributed by atoms with Gasteiger partial charge in [0.05, 0.1) is 5.69 Å². The van der Waals surface area contributed by atoms with Gasteiger partial charge < -0.3 is 11.1 Å². The molecule has 12 heavy (non-hydrogen) atoms. The molecular formula is C8H12ClN3. The third-order valence-corrected chi connectivity index (χ3v) is 1.82. The van der Waals surface area contributed by atoms with Crippen LogP contribution in [-0.2, 0) is 0 Å². The molecule has 66 valence electrons. The maximum Gasteiger partial charge on any atom is 0.152 e. The number of pyridine rings is 1. The molecule has 0 radical (unpaired) electrons. The minimum Gasteiger partial charge on any atom is -0.379 e. The first-order chi connectivity index (χ1) is 5.74. The molecule has 0 aliphatic rings. The number of rotatable bonds is 3. The fourth-order valence-electron chi connectivity index (χ4n) is 0.818. The minimum atomic E-state index is 0.215. The second-order valence-corrected chi connectivity index (χ2v) is 2.98. The van der Waals surface area contributed by atoms with Crippen LogP contribution >= 0.6 is 11.6 Å². The SMILES string of the molecule is CC(CN)Nc1cccnc1Cl. The summed E-state index contributed by atoms with van der Waals surface area (Å²) in [7, 11) is 0. The fraction of sp³-hybridized carbons (Fsp3) is 0.375. The quantitative estimate of drug-likeness (QED) is 0.702. The standard InChI is InChI=1S/C8H12ClN3/c1-6(5-10)12-7-3-2-4-11-8(7)9/h2-4,6,12H,5,10H2,1H3. The van der Waals surface area contributed by atoms with Crippen molar-refractivity contribution in [1.82, 2.24) is 4.98 Å². The Balaban J connectivity index is 2.69. The Kier molecular flexibility index (Phi) is 3.31. The summed E-state index contributed by atoms with van der Waals surface area (Å²) in [6.07, 6.45) is 1.65. The molecule has 0 aliphatic heterocycles. The Labute approximate surface area is 76.9 Å².